The summed E-state index contributed by atoms with van der Waals surface area (Å²) < 4.78 is 0. The number of nitrogens with one attached hydrogen (secondary N) is 1. The van der Waals surface area contributed by atoms with Gasteiger partial charge in [-0.05, 0) is 43.0 Å². The van der Waals surface area contributed by atoms with Gasteiger partial charge in [0.05, 0.1) is 13.1 Å². The van der Waals surface area contributed by atoms with Gasteiger partial charge in [-0.25, -0.2) is 4.79 Å². The molecule has 6 heteroatoms. The second kappa shape index (κ2) is 4.49. The SMILES string of the molecule is NC(=O)Nc1ccc(C(=O)N2CC(O)(C3CC3)C2)cc1. The Morgan fingerprint density at radius 2 is 1.85 bits per heavy atom. The quantitative estimate of drug-likeness (QED) is 0.760. The van der Waals surface area contributed by atoms with Gasteiger partial charge in [-0.3, -0.25) is 4.79 Å². The number of anilines is 1. The summed E-state index contributed by atoms with van der Waals surface area (Å²) in [6.07, 6.45) is 2.12. The first kappa shape index (κ1) is 12.9. The molecule has 1 aliphatic heterocycles. The molecule has 0 atom stereocenters. The van der Waals surface area contributed by atoms with Crippen molar-refractivity contribution >= 4 is 17.6 Å². The van der Waals surface area contributed by atoms with Gasteiger partial charge in [0, 0.05) is 11.3 Å². The van der Waals surface area contributed by atoms with Crippen LogP contribution in [0.15, 0.2) is 24.3 Å². The van der Waals surface area contributed by atoms with E-state index < -0.39 is 11.6 Å². The van der Waals surface area contributed by atoms with Crippen LogP contribution in [0.3, 0.4) is 0 Å². The molecule has 0 aromatic heterocycles. The van der Waals surface area contributed by atoms with Gasteiger partial charge in [-0.15, -0.1) is 0 Å². The summed E-state index contributed by atoms with van der Waals surface area (Å²) in [5, 5.41) is 12.6. The van der Waals surface area contributed by atoms with Gasteiger partial charge in [-0.1, -0.05) is 0 Å². The van der Waals surface area contributed by atoms with E-state index in [4.69, 9.17) is 5.73 Å². The maximum absolute atomic E-state index is 12.2. The van der Waals surface area contributed by atoms with Gasteiger partial charge in [0.1, 0.15) is 5.60 Å². The average molecular weight is 275 g/mol. The number of likely N-dealkylation sites (tertiary alicyclic amines) is 1. The first-order valence-corrected chi connectivity index (χ1v) is 6.66. The molecule has 1 aromatic carbocycles. The van der Waals surface area contributed by atoms with Gasteiger partial charge < -0.3 is 21.1 Å². The highest BCUT2D eigenvalue weighted by molar-refractivity contribution is 5.96. The van der Waals surface area contributed by atoms with E-state index in [0.29, 0.717) is 30.3 Å². The molecule has 6 nitrogen and oxygen atoms in total. The maximum atomic E-state index is 12.2. The van der Waals surface area contributed by atoms with Gasteiger partial charge in [0.25, 0.3) is 5.91 Å². The van der Waals surface area contributed by atoms with E-state index in [2.05, 4.69) is 5.32 Å². The number of amides is 3. The highest BCUT2D eigenvalue weighted by Gasteiger charge is 2.53. The van der Waals surface area contributed by atoms with Crippen LogP contribution >= 0.6 is 0 Å². The zero-order valence-electron chi connectivity index (χ0n) is 11.0. The lowest BCUT2D eigenvalue weighted by atomic mass is 9.88. The summed E-state index contributed by atoms with van der Waals surface area (Å²) >= 11 is 0. The van der Waals surface area contributed by atoms with Gasteiger partial charge in [-0.2, -0.15) is 0 Å². The van der Waals surface area contributed by atoms with Crippen molar-refractivity contribution in [2.45, 2.75) is 18.4 Å². The molecule has 1 heterocycles. The third kappa shape index (κ3) is 2.34. The molecule has 2 aliphatic rings. The largest absolute Gasteiger partial charge is 0.386 e. The zero-order chi connectivity index (χ0) is 14.3. The number of hydrogen-bond acceptors (Lipinski definition) is 3. The smallest absolute Gasteiger partial charge is 0.316 e. The van der Waals surface area contributed by atoms with Crippen LogP contribution in [0.2, 0.25) is 0 Å². The van der Waals surface area contributed by atoms with Crippen molar-refractivity contribution in [2.24, 2.45) is 11.7 Å². The lowest BCUT2D eigenvalue weighted by Crippen LogP contribution is -2.64. The summed E-state index contributed by atoms with van der Waals surface area (Å²) in [5.74, 6) is 0.273. The Morgan fingerprint density at radius 1 is 1.25 bits per heavy atom. The molecule has 106 valence electrons. The van der Waals surface area contributed by atoms with Crippen LogP contribution in [-0.2, 0) is 0 Å². The van der Waals surface area contributed by atoms with E-state index in [1.807, 2.05) is 0 Å². The highest BCUT2D eigenvalue weighted by Crippen LogP contribution is 2.44. The van der Waals surface area contributed by atoms with E-state index >= 15 is 0 Å². The van der Waals surface area contributed by atoms with E-state index in [1.54, 1.807) is 29.2 Å². The summed E-state index contributed by atoms with van der Waals surface area (Å²) in [7, 11) is 0. The minimum Gasteiger partial charge on any atom is -0.386 e. The van der Waals surface area contributed by atoms with Crippen LogP contribution in [0.5, 0.6) is 0 Å². The first-order valence-electron chi connectivity index (χ1n) is 6.66. The van der Waals surface area contributed by atoms with E-state index in [0.717, 1.165) is 12.8 Å². The molecule has 4 N–H and O–H groups in total. The first-order chi connectivity index (χ1) is 9.48. The van der Waals surface area contributed by atoms with Crippen LogP contribution in [0.4, 0.5) is 10.5 Å². The number of aliphatic hydroxyl groups is 1. The summed E-state index contributed by atoms with van der Waals surface area (Å²) in [4.78, 5) is 24.5. The van der Waals surface area contributed by atoms with Crippen LogP contribution in [0.25, 0.3) is 0 Å². The number of β-amino-alcohol motifs (C(OH)–C–C–N with tert-alkyl or cyclic N) is 1. The van der Waals surface area contributed by atoms with Crippen molar-refractivity contribution < 1.29 is 14.7 Å². The average Bonchev–Trinajstić information content (AvgIpc) is 3.19. The van der Waals surface area contributed by atoms with Crippen LogP contribution < -0.4 is 11.1 Å². The monoisotopic (exact) mass is 275 g/mol. The Hall–Kier alpha value is -2.08. The fourth-order valence-corrected chi connectivity index (χ4v) is 2.66. The molecule has 1 saturated carbocycles. The lowest BCUT2D eigenvalue weighted by Gasteiger charge is -2.47. The molecule has 1 aliphatic carbocycles. The fourth-order valence-electron chi connectivity index (χ4n) is 2.66. The van der Waals surface area contributed by atoms with Crippen LogP contribution in [-0.4, -0.2) is 40.6 Å². The Labute approximate surface area is 116 Å². The Kier molecular flexibility index (Phi) is 2.90. The Balaban J connectivity index is 1.62. The van der Waals surface area contributed by atoms with Gasteiger partial charge >= 0.3 is 6.03 Å². The highest BCUT2D eigenvalue weighted by atomic mass is 16.3. The number of rotatable bonds is 3. The molecular weight excluding hydrogens is 258 g/mol. The predicted molar refractivity (Wildman–Crippen MR) is 73.2 cm³/mol. The molecule has 3 rings (SSSR count). The fraction of sp³-hybridized carbons (Fsp3) is 0.429. The van der Waals surface area contributed by atoms with Crippen molar-refractivity contribution in [1.82, 2.24) is 4.90 Å². The normalized spacial score (nSPS) is 20.1. The second-order valence-electron chi connectivity index (χ2n) is 5.61. The summed E-state index contributed by atoms with van der Waals surface area (Å²) in [6.45, 7) is 0.829. The third-order valence-corrected chi connectivity index (χ3v) is 3.95. The number of carbonyl (C=O) groups excluding carboxylic acids is 2. The van der Waals surface area contributed by atoms with Crippen molar-refractivity contribution in [3.63, 3.8) is 0 Å². The molecule has 1 saturated heterocycles. The number of urea groups is 1. The second-order valence-corrected chi connectivity index (χ2v) is 5.61. The molecule has 20 heavy (non-hydrogen) atoms. The van der Waals surface area contributed by atoms with Crippen molar-refractivity contribution in [1.29, 1.82) is 0 Å². The Bertz CT molecular complexity index is 545. The molecule has 1 aromatic rings. The number of nitrogens with two attached hydrogens (primary N) is 1. The summed E-state index contributed by atoms with van der Waals surface area (Å²) in [5.41, 5.74) is 5.44. The van der Waals surface area contributed by atoms with Crippen LogP contribution in [0, 0.1) is 5.92 Å². The molecule has 0 bridgehead atoms. The Morgan fingerprint density at radius 3 is 2.35 bits per heavy atom. The number of hydrogen-bond donors (Lipinski definition) is 3. The maximum Gasteiger partial charge on any atom is 0.316 e. The number of benzene rings is 1. The minimum absolute atomic E-state index is 0.0963. The van der Waals surface area contributed by atoms with E-state index in [-0.39, 0.29) is 5.91 Å². The zero-order valence-corrected chi connectivity index (χ0v) is 11.0. The third-order valence-electron chi connectivity index (χ3n) is 3.95. The van der Waals surface area contributed by atoms with Gasteiger partial charge in [0.2, 0.25) is 0 Å². The minimum atomic E-state index is -0.664. The summed E-state index contributed by atoms with van der Waals surface area (Å²) in [6, 6.07) is 5.90. The number of carbonyl (C=O) groups is 2. The van der Waals surface area contributed by atoms with Crippen molar-refractivity contribution in [3.05, 3.63) is 29.8 Å². The topological polar surface area (TPSA) is 95.7 Å². The molecular formula is C14H17N3O3. The van der Waals surface area contributed by atoms with Crippen molar-refractivity contribution in [3.8, 4) is 0 Å². The van der Waals surface area contributed by atoms with Crippen LogP contribution in [0.1, 0.15) is 23.2 Å². The van der Waals surface area contributed by atoms with E-state index in [9.17, 15) is 14.7 Å². The molecule has 0 unspecified atom stereocenters. The number of nitrogens with zero attached hydrogens (tertiary/aromatic N) is 1. The standard InChI is InChI=1S/C14H17N3O3/c15-13(19)16-11-5-1-9(2-6-11)12(18)17-7-14(20,8-17)10-3-4-10/h1-2,5-6,10,20H,3-4,7-8H2,(H3,15,16,19). The molecule has 2 fully saturated rings. The molecule has 0 radical (unpaired) electrons. The van der Waals surface area contributed by atoms with Gasteiger partial charge in [0.15, 0.2) is 0 Å². The molecule has 0 spiro atoms. The predicted octanol–water partition coefficient (Wildman–Crippen LogP) is 0.774. The van der Waals surface area contributed by atoms with E-state index in [1.165, 1.54) is 0 Å². The number of primary amides is 1. The van der Waals surface area contributed by atoms with Crippen molar-refractivity contribution in [2.75, 3.05) is 18.4 Å². The lowest BCUT2D eigenvalue weighted by molar-refractivity contribution is -0.0958. The molecule has 3 amide bonds.